The van der Waals surface area contributed by atoms with Crippen molar-refractivity contribution in [3.05, 3.63) is 99.5 Å². The van der Waals surface area contributed by atoms with E-state index in [0.717, 1.165) is 15.6 Å². The van der Waals surface area contributed by atoms with Crippen LogP contribution in [0.25, 0.3) is 0 Å². The molecule has 1 atom stereocenters. The van der Waals surface area contributed by atoms with Crippen LogP contribution >= 0.6 is 27.5 Å². The number of halogens is 2. The molecule has 0 heterocycles. The Hall–Kier alpha value is -2.83. The molecule has 1 N–H and O–H groups in total. The highest BCUT2D eigenvalue weighted by Gasteiger charge is 2.30. The summed E-state index contributed by atoms with van der Waals surface area (Å²) in [6.45, 7) is 4.66. The van der Waals surface area contributed by atoms with Gasteiger partial charge < -0.3 is 15.0 Å². The highest BCUT2D eigenvalue weighted by Crippen LogP contribution is 2.20. The molecule has 0 spiro atoms. The van der Waals surface area contributed by atoms with Crippen LogP contribution in [0.5, 0.6) is 5.75 Å². The molecule has 0 bridgehead atoms. The van der Waals surface area contributed by atoms with Crippen LogP contribution in [0.2, 0.25) is 5.02 Å². The van der Waals surface area contributed by atoms with Crippen molar-refractivity contribution >= 4 is 39.3 Å². The first kappa shape index (κ1) is 26.8. The number of hydrogen-bond acceptors (Lipinski definition) is 3. The fourth-order valence-electron chi connectivity index (χ4n) is 3.59. The molecule has 0 aliphatic carbocycles. The molecule has 7 heteroatoms. The summed E-state index contributed by atoms with van der Waals surface area (Å²) >= 11 is 9.55. The molecule has 3 aromatic rings. The van der Waals surface area contributed by atoms with E-state index in [4.69, 9.17) is 16.3 Å². The van der Waals surface area contributed by atoms with Crippen LogP contribution in [-0.4, -0.2) is 35.9 Å². The number of nitrogens with zero attached hydrogens (tertiary/aromatic N) is 1. The fourth-order valence-corrected chi connectivity index (χ4v) is 4.22. The van der Waals surface area contributed by atoms with Crippen LogP contribution in [0.3, 0.4) is 0 Å². The summed E-state index contributed by atoms with van der Waals surface area (Å²) in [5, 5.41) is 3.54. The molecular formula is C28H30BrClN2O3. The number of hydrogen-bond donors (Lipinski definition) is 1. The molecule has 1 unspecified atom stereocenters. The van der Waals surface area contributed by atoms with Crippen LogP contribution in [0.15, 0.2) is 83.3 Å². The highest BCUT2D eigenvalue weighted by atomic mass is 79.9. The average Bonchev–Trinajstić information content (AvgIpc) is 2.84. The summed E-state index contributed by atoms with van der Waals surface area (Å²) in [6.07, 6.45) is 0.391. The first-order valence-electron chi connectivity index (χ1n) is 11.6. The zero-order valence-electron chi connectivity index (χ0n) is 19.9. The highest BCUT2D eigenvalue weighted by molar-refractivity contribution is 9.10. The number of carbonyl (C=O) groups is 2. The normalized spacial score (nSPS) is 11.7. The predicted octanol–water partition coefficient (Wildman–Crippen LogP) is 5.89. The number of nitrogens with one attached hydrogen (secondary N) is 1. The minimum atomic E-state index is -0.703. The molecule has 35 heavy (non-hydrogen) atoms. The quantitative estimate of drug-likeness (QED) is 0.320. The van der Waals surface area contributed by atoms with Crippen molar-refractivity contribution in [3.8, 4) is 5.75 Å². The number of rotatable bonds is 11. The van der Waals surface area contributed by atoms with E-state index in [9.17, 15) is 9.59 Å². The van der Waals surface area contributed by atoms with Gasteiger partial charge in [-0.3, -0.25) is 9.59 Å². The van der Waals surface area contributed by atoms with E-state index in [1.165, 1.54) is 0 Å². The Labute approximate surface area is 220 Å². The van der Waals surface area contributed by atoms with Crippen molar-refractivity contribution in [1.29, 1.82) is 0 Å². The van der Waals surface area contributed by atoms with Gasteiger partial charge >= 0.3 is 0 Å². The van der Waals surface area contributed by atoms with E-state index in [2.05, 4.69) is 21.2 Å². The van der Waals surface area contributed by atoms with Crippen LogP contribution in [0.4, 0.5) is 0 Å². The third kappa shape index (κ3) is 8.71. The maximum absolute atomic E-state index is 13.5. The van der Waals surface area contributed by atoms with Crippen molar-refractivity contribution in [2.24, 2.45) is 5.92 Å². The van der Waals surface area contributed by atoms with Gasteiger partial charge in [0.05, 0.1) is 0 Å². The lowest BCUT2D eigenvalue weighted by atomic mass is 10.0. The Morgan fingerprint density at radius 3 is 2.37 bits per heavy atom. The van der Waals surface area contributed by atoms with Gasteiger partial charge in [-0.1, -0.05) is 89.9 Å². The summed E-state index contributed by atoms with van der Waals surface area (Å²) in [4.78, 5) is 28.5. The fraction of sp³-hybridized carbons (Fsp3) is 0.286. The number of amides is 2. The third-order valence-electron chi connectivity index (χ3n) is 5.36. The van der Waals surface area contributed by atoms with Gasteiger partial charge in [0, 0.05) is 29.0 Å². The zero-order chi connectivity index (χ0) is 25.2. The molecule has 0 saturated carbocycles. The Morgan fingerprint density at radius 2 is 1.69 bits per heavy atom. The Morgan fingerprint density at radius 1 is 0.971 bits per heavy atom. The summed E-state index contributed by atoms with van der Waals surface area (Å²) in [6, 6.07) is 23.7. The second-order valence-corrected chi connectivity index (χ2v) is 10.1. The average molecular weight is 558 g/mol. The maximum Gasteiger partial charge on any atom is 0.261 e. The van der Waals surface area contributed by atoms with Crippen molar-refractivity contribution in [1.82, 2.24) is 10.2 Å². The van der Waals surface area contributed by atoms with Gasteiger partial charge in [0.2, 0.25) is 5.91 Å². The van der Waals surface area contributed by atoms with Crippen LogP contribution in [0.1, 0.15) is 25.0 Å². The minimum absolute atomic E-state index is 0.186. The van der Waals surface area contributed by atoms with E-state index in [-0.39, 0.29) is 30.9 Å². The second-order valence-electron chi connectivity index (χ2n) is 8.74. The molecule has 0 radical (unpaired) electrons. The molecule has 184 valence electrons. The smallest absolute Gasteiger partial charge is 0.261 e. The van der Waals surface area contributed by atoms with Crippen LogP contribution in [0, 0.1) is 5.92 Å². The standard InChI is InChI=1S/C28H30BrClN2O3/c1-20(2)17-31-28(34)26(15-21-8-4-3-5-9-21)32(18-22-10-6-11-23(29)14-22)27(33)19-35-25-13-7-12-24(30)16-25/h3-14,16,20,26H,15,17-19H2,1-2H3,(H,31,34). The zero-order valence-corrected chi connectivity index (χ0v) is 22.3. The molecule has 0 aliphatic heterocycles. The van der Waals surface area contributed by atoms with Crippen molar-refractivity contribution in [2.75, 3.05) is 13.2 Å². The molecule has 0 saturated heterocycles. The van der Waals surface area contributed by atoms with E-state index in [1.54, 1.807) is 29.2 Å². The van der Waals surface area contributed by atoms with E-state index >= 15 is 0 Å². The predicted molar refractivity (Wildman–Crippen MR) is 143 cm³/mol. The molecule has 3 rings (SSSR count). The largest absolute Gasteiger partial charge is 0.484 e. The number of benzene rings is 3. The first-order chi connectivity index (χ1) is 16.8. The Kier molecular flexibility index (Phi) is 10.2. The van der Waals surface area contributed by atoms with Crippen molar-refractivity contribution in [3.63, 3.8) is 0 Å². The van der Waals surface area contributed by atoms with E-state index in [1.807, 2.05) is 68.4 Å². The molecule has 0 aromatic heterocycles. The Bertz CT molecular complexity index is 1120. The maximum atomic E-state index is 13.5. The molecule has 3 aromatic carbocycles. The SMILES string of the molecule is CC(C)CNC(=O)C(Cc1ccccc1)N(Cc1cccc(Br)c1)C(=O)COc1cccc(Cl)c1. The van der Waals surface area contributed by atoms with Gasteiger partial charge in [-0.15, -0.1) is 0 Å². The van der Waals surface area contributed by atoms with Crippen LogP contribution < -0.4 is 10.1 Å². The molecule has 0 fully saturated rings. The summed E-state index contributed by atoms with van der Waals surface area (Å²) < 4.78 is 6.66. The van der Waals surface area contributed by atoms with Gasteiger partial charge in [-0.2, -0.15) is 0 Å². The number of carbonyl (C=O) groups excluding carboxylic acids is 2. The lowest BCUT2D eigenvalue weighted by Gasteiger charge is -2.31. The topological polar surface area (TPSA) is 58.6 Å². The lowest BCUT2D eigenvalue weighted by molar-refractivity contribution is -0.142. The first-order valence-corrected chi connectivity index (χ1v) is 12.7. The summed E-state index contributed by atoms with van der Waals surface area (Å²) in [5.41, 5.74) is 1.88. The summed E-state index contributed by atoms with van der Waals surface area (Å²) in [5.74, 6) is 0.313. The molecule has 2 amide bonds. The lowest BCUT2D eigenvalue weighted by Crippen LogP contribution is -2.52. The third-order valence-corrected chi connectivity index (χ3v) is 6.08. The van der Waals surface area contributed by atoms with Gasteiger partial charge in [0.25, 0.3) is 5.91 Å². The number of ether oxygens (including phenoxy) is 1. The molecule has 5 nitrogen and oxygen atoms in total. The van der Waals surface area contributed by atoms with Crippen LogP contribution in [-0.2, 0) is 22.6 Å². The molecule has 0 aliphatic rings. The minimum Gasteiger partial charge on any atom is -0.484 e. The summed E-state index contributed by atoms with van der Waals surface area (Å²) in [7, 11) is 0. The van der Waals surface area contributed by atoms with Gasteiger partial charge in [0.1, 0.15) is 11.8 Å². The Balaban J connectivity index is 1.90. The van der Waals surface area contributed by atoms with E-state index in [0.29, 0.717) is 23.7 Å². The van der Waals surface area contributed by atoms with Crippen molar-refractivity contribution in [2.45, 2.75) is 32.9 Å². The second kappa shape index (κ2) is 13.3. The van der Waals surface area contributed by atoms with E-state index < -0.39 is 6.04 Å². The van der Waals surface area contributed by atoms with Gasteiger partial charge in [-0.25, -0.2) is 0 Å². The monoisotopic (exact) mass is 556 g/mol. The van der Waals surface area contributed by atoms with Gasteiger partial charge in [-0.05, 0) is 47.4 Å². The molecular weight excluding hydrogens is 528 g/mol. The van der Waals surface area contributed by atoms with Crippen molar-refractivity contribution < 1.29 is 14.3 Å². The van der Waals surface area contributed by atoms with Gasteiger partial charge in [0.15, 0.2) is 6.61 Å².